The number of nitrogens with zero attached hydrogens (tertiary/aromatic N) is 1. The number of aryl methyl sites for hydroxylation is 1. The molecule has 0 saturated heterocycles. The van der Waals surface area contributed by atoms with Crippen molar-refractivity contribution in [3.8, 4) is 0 Å². The number of nitrogens with one attached hydrogen (secondary N) is 1. The van der Waals surface area contributed by atoms with Gasteiger partial charge in [-0.05, 0) is 49.8 Å². The highest BCUT2D eigenvalue weighted by Crippen LogP contribution is 2.22. The highest BCUT2D eigenvalue weighted by Gasteiger charge is 2.15. The van der Waals surface area contributed by atoms with Crippen molar-refractivity contribution < 1.29 is 14.3 Å². The molecule has 0 bridgehead atoms. The highest BCUT2D eigenvalue weighted by molar-refractivity contribution is 6.19. The fourth-order valence-electron chi connectivity index (χ4n) is 3.15. The molecule has 0 spiro atoms. The van der Waals surface area contributed by atoms with Crippen LogP contribution in [0, 0.1) is 6.92 Å². The number of methoxy groups -OCH3 is 1. The first-order chi connectivity index (χ1) is 14.9. The Bertz CT molecular complexity index is 1150. The van der Waals surface area contributed by atoms with E-state index < -0.39 is 5.97 Å². The number of carbonyl (C=O) groups excluding carboxylic acids is 2. The number of rotatable bonds is 5. The van der Waals surface area contributed by atoms with Gasteiger partial charge in [0.25, 0.3) is 5.91 Å². The average molecular weight is 412 g/mol. The molecular weight excluding hydrogens is 388 g/mol. The summed E-state index contributed by atoms with van der Waals surface area (Å²) < 4.78 is 4.69. The topological polar surface area (TPSA) is 67.8 Å². The van der Waals surface area contributed by atoms with Crippen molar-refractivity contribution in [2.45, 2.75) is 13.8 Å². The Labute approximate surface area is 182 Å². The normalized spacial score (nSPS) is 15.5. The minimum absolute atomic E-state index is 0.255. The third-order valence-electron chi connectivity index (χ3n) is 4.92. The molecule has 0 fully saturated rings. The van der Waals surface area contributed by atoms with Crippen LogP contribution in [0.4, 0.5) is 5.69 Å². The van der Waals surface area contributed by atoms with Crippen LogP contribution in [0.15, 0.2) is 95.6 Å². The smallest absolute Gasteiger partial charge is 0.337 e. The van der Waals surface area contributed by atoms with Gasteiger partial charge < -0.3 is 10.1 Å². The van der Waals surface area contributed by atoms with Crippen molar-refractivity contribution in [2.24, 2.45) is 4.99 Å². The quantitative estimate of drug-likeness (QED) is 0.537. The molecule has 1 aliphatic carbocycles. The lowest BCUT2D eigenvalue weighted by atomic mass is 9.98. The van der Waals surface area contributed by atoms with Crippen molar-refractivity contribution in [2.75, 3.05) is 12.4 Å². The van der Waals surface area contributed by atoms with Crippen LogP contribution < -0.4 is 5.32 Å². The van der Waals surface area contributed by atoms with Crippen LogP contribution in [0.2, 0.25) is 0 Å². The van der Waals surface area contributed by atoms with E-state index in [1.807, 2.05) is 55.5 Å². The third-order valence-corrected chi connectivity index (χ3v) is 4.92. The van der Waals surface area contributed by atoms with Crippen molar-refractivity contribution >= 4 is 29.0 Å². The number of esters is 1. The molecule has 0 aromatic heterocycles. The Kier molecular flexibility index (Phi) is 6.78. The van der Waals surface area contributed by atoms with Gasteiger partial charge in [-0.25, -0.2) is 9.79 Å². The Morgan fingerprint density at radius 3 is 2.35 bits per heavy atom. The van der Waals surface area contributed by atoms with Gasteiger partial charge in [0.05, 0.1) is 24.1 Å². The standard InChI is InChI=1S/C26H24N2O3/c1-17-9-5-6-10-22(17)19(3)27-24-12-8-7-11-23(24)18(2)25(29)28-21-15-13-20(14-16-21)26(30)31-4/h5-16H,3H2,1-2,4H3,(H,28,29)/b23-18+,27-24?. The number of hydrogen-bond acceptors (Lipinski definition) is 4. The molecule has 2 aromatic rings. The van der Waals surface area contributed by atoms with Crippen molar-refractivity contribution in [3.63, 3.8) is 0 Å². The number of allylic oxidation sites excluding steroid dienone is 5. The molecule has 0 aliphatic heterocycles. The first-order valence-corrected chi connectivity index (χ1v) is 9.80. The number of anilines is 1. The van der Waals surface area contributed by atoms with Crippen LogP contribution in [0.5, 0.6) is 0 Å². The van der Waals surface area contributed by atoms with E-state index >= 15 is 0 Å². The molecule has 31 heavy (non-hydrogen) atoms. The number of carbonyl (C=O) groups is 2. The van der Waals surface area contributed by atoms with E-state index in [0.717, 1.165) is 16.7 Å². The second-order valence-electron chi connectivity index (χ2n) is 7.04. The summed E-state index contributed by atoms with van der Waals surface area (Å²) in [6, 6.07) is 14.4. The van der Waals surface area contributed by atoms with E-state index in [4.69, 9.17) is 4.99 Å². The summed E-state index contributed by atoms with van der Waals surface area (Å²) in [6.07, 6.45) is 7.47. The number of benzene rings is 2. The van der Waals surface area contributed by atoms with Gasteiger partial charge in [-0.2, -0.15) is 0 Å². The van der Waals surface area contributed by atoms with Gasteiger partial charge in [-0.3, -0.25) is 4.79 Å². The maximum atomic E-state index is 12.8. The second-order valence-corrected chi connectivity index (χ2v) is 7.04. The maximum Gasteiger partial charge on any atom is 0.337 e. The summed E-state index contributed by atoms with van der Waals surface area (Å²) in [5.41, 5.74) is 5.60. The van der Waals surface area contributed by atoms with E-state index in [1.165, 1.54) is 7.11 Å². The van der Waals surface area contributed by atoms with E-state index in [-0.39, 0.29) is 5.91 Å². The number of amides is 1. The Hall–Kier alpha value is -3.99. The fraction of sp³-hybridized carbons (Fsp3) is 0.115. The first-order valence-electron chi connectivity index (χ1n) is 9.80. The van der Waals surface area contributed by atoms with Crippen molar-refractivity contribution in [1.29, 1.82) is 0 Å². The third kappa shape index (κ3) is 5.14. The summed E-state index contributed by atoms with van der Waals surface area (Å²) >= 11 is 0. The molecule has 2 aromatic carbocycles. The summed E-state index contributed by atoms with van der Waals surface area (Å²) in [5.74, 6) is -0.681. The van der Waals surface area contributed by atoms with Crippen LogP contribution in [0.1, 0.15) is 28.4 Å². The maximum absolute atomic E-state index is 12.8. The zero-order valence-corrected chi connectivity index (χ0v) is 17.8. The summed E-state index contributed by atoms with van der Waals surface area (Å²) in [7, 11) is 1.33. The van der Waals surface area contributed by atoms with Crippen LogP contribution >= 0.6 is 0 Å². The summed E-state index contributed by atoms with van der Waals surface area (Å²) in [6.45, 7) is 7.87. The summed E-state index contributed by atoms with van der Waals surface area (Å²) in [5, 5.41) is 2.85. The Morgan fingerprint density at radius 1 is 1.00 bits per heavy atom. The van der Waals surface area contributed by atoms with Crippen molar-refractivity contribution in [3.05, 3.63) is 107 Å². The molecule has 5 nitrogen and oxygen atoms in total. The monoisotopic (exact) mass is 412 g/mol. The van der Waals surface area contributed by atoms with Gasteiger partial charge in [0.1, 0.15) is 0 Å². The lowest BCUT2D eigenvalue weighted by Gasteiger charge is -2.14. The number of ether oxygens (including phenoxy) is 1. The van der Waals surface area contributed by atoms with E-state index in [2.05, 4.69) is 16.6 Å². The number of aliphatic imine (C=N–C) groups is 1. The zero-order chi connectivity index (χ0) is 22.4. The van der Waals surface area contributed by atoms with E-state index in [1.54, 1.807) is 31.2 Å². The molecule has 0 radical (unpaired) electrons. The molecule has 0 saturated carbocycles. The van der Waals surface area contributed by atoms with Gasteiger partial charge in [-0.15, -0.1) is 0 Å². The summed E-state index contributed by atoms with van der Waals surface area (Å²) in [4.78, 5) is 29.1. The van der Waals surface area contributed by atoms with Gasteiger partial charge in [0.2, 0.25) is 0 Å². The molecule has 3 rings (SSSR count). The Morgan fingerprint density at radius 2 is 1.68 bits per heavy atom. The lowest BCUT2D eigenvalue weighted by molar-refractivity contribution is -0.112. The predicted molar refractivity (Wildman–Crippen MR) is 125 cm³/mol. The van der Waals surface area contributed by atoms with Gasteiger partial charge in [-0.1, -0.05) is 49.1 Å². The predicted octanol–water partition coefficient (Wildman–Crippen LogP) is 5.27. The van der Waals surface area contributed by atoms with Crippen LogP contribution in [0.25, 0.3) is 5.70 Å². The minimum Gasteiger partial charge on any atom is -0.465 e. The second kappa shape index (κ2) is 9.67. The molecule has 1 N–H and O–H groups in total. The largest absolute Gasteiger partial charge is 0.465 e. The first kappa shape index (κ1) is 21.7. The minimum atomic E-state index is -0.426. The molecule has 156 valence electrons. The molecule has 0 heterocycles. The zero-order valence-electron chi connectivity index (χ0n) is 17.8. The molecule has 5 heteroatoms. The van der Waals surface area contributed by atoms with E-state index in [0.29, 0.717) is 28.2 Å². The van der Waals surface area contributed by atoms with Gasteiger partial charge >= 0.3 is 5.97 Å². The highest BCUT2D eigenvalue weighted by atomic mass is 16.5. The van der Waals surface area contributed by atoms with Crippen molar-refractivity contribution in [1.82, 2.24) is 0 Å². The Balaban J connectivity index is 1.84. The molecule has 1 amide bonds. The van der Waals surface area contributed by atoms with Gasteiger partial charge in [0.15, 0.2) is 0 Å². The number of hydrogen-bond donors (Lipinski definition) is 1. The molecule has 0 unspecified atom stereocenters. The lowest BCUT2D eigenvalue weighted by Crippen LogP contribution is -2.17. The fourth-order valence-corrected chi connectivity index (χ4v) is 3.15. The van der Waals surface area contributed by atoms with Crippen LogP contribution in [-0.2, 0) is 9.53 Å². The molecule has 0 atom stereocenters. The molecule has 1 aliphatic rings. The van der Waals surface area contributed by atoms with Crippen LogP contribution in [0.3, 0.4) is 0 Å². The molecular formula is C26H24N2O3. The van der Waals surface area contributed by atoms with E-state index in [9.17, 15) is 9.59 Å². The average Bonchev–Trinajstić information content (AvgIpc) is 2.79. The van der Waals surface area contributed by atoms with Crippen LogP contribution in [-0.4, -0.2) is 24.7 Å². The SMILES string of the molecule is C=C(N=C1C=CC=C/C1=C(/C)C(=O)Nc1ccc(C(=O)OC)cc1)c1ccccc1C. The van der Waals surface area contributed by atoms with Gasteiger partial charge in [0, 0.05) is 22.4 Å².